The first-order chi connectivity index (χ1) is 13.3. The van der Waals surface area contributed by atoms with Crippen molar-refractivity contribution in [3.63, 3.8) is 0 Å². The van der Waals surface area contributed by atoms with E-state index in [0.717, 1.165) is 44.8 Å². The molecule has 0 radical (unpaired) electrons. The fraction of sp³-hybridized carbons (Fsp3) is 0.650. The summed E-state index contributed by atoms with van der Waals surface area (Å²) in [5.74, 6) is 0.978. The minimum atomic E-state index is -0.310. The molecule has 1 saturated heterocycles. The maximum Gasteiger partial charge on any atom is 0.289 e. The summed E-state index contributed by atoms with van der Waals surface area (Å²) in [4.78, 5) is 16.7. The van der Waals surface area contributed by atoms with Crippen molar-refractivity contribution in [2.45, 2.75) is 58.8 Å². The van der Waals surface area contributed by atoms with E-state index < -0.39 is 0 Å². The Hall–Kier alpha value is -1.77. The number of likely N-dealkylation sites (tertiary alicyclic amines) is 1. The van der Waals surface area contributed by atoms with Crippen LogP contribution in [0.25, 0.3) is 0 Å². The minimum absolute atomic E-state index is 0.0380. The van der Waals surface area contributed by atoms with Crippen molar-refractivity contribution < 1.29 is 9.53 Å². The average molecular weight is 404 g/mol. The van der Waals surface area contributed by atoms with Crippen LogP contribution < -0.4 is 5.32 Å². The Morgan fingerprint density at radius 3 is 2.79 bits per heavy atom. The Morgan fingerprint density at radius 2 is 2.11 bits per heavy atom. The van der Waals surface area contributed by atoms with E-state index in [-0.39, 0.29) is 16.9 Å². The summed E-state index contributed by atoms with van der Waals surface area (Å²) < 4.78 is 7.97. The van der Waals surface area contributed by atoms with Crippen LogP contribution in [-0.4, -0.2) is 50.8 Å². The van der Waals surface area contributed by atoms with E-state index in [1.165, 1.54) is 4.88 Å². The molecule has 0 bridgehead atoms. The van der Waals surface area contributed by atoms with E-state index in [4.69, 9.17) is 4.74 Å². The monoisotopic (exact) mass is 403 g/mol. The highest BCUT2D eigenvalue weighted by molar-refractivity contribution is 7.09. The minimum Gasteiger partial charge on any atom is -0.373 e. The molecule has 0 saturated carbocycles. The molecule has 7 nitrogen and oxygen atoms in total. The van der Waals surface area contributed by atoms with E-state index >= 15 is 0 Å². The van der Waals surface area contributed by atoms with Gasteiger partial charge >= 0.3 is 0 Å². The van der Waals surface area contributed by atoms with Gasteiger partial charge in [-0.25, -0.2) is 0 Å². The maximum absolute atomic E-state index is 12.7. The zero-order valence-corrected chi connectivity index (χ0v) is 17.7. The highest BCUT2D eigenvalue weighted by Crippen LogP contribution is 2.37. The maximum atomic E-state index is 12.7. The Balaban J connectivity index is 1.47. The molecular formula is C20H29N5O2S. The van der Waals surface area contributed by atoms with E-state index in [2.05, 4.69) is 37.9 Å². The van der Waals surface area contributed by atoms with Gasteiger partial charge in [-0.1, -0.05) is 6.07 Å². The topological polar surface area (TPSA) is 72.3 Å². The zero-order chi connectivity index (χ0) is 19.8. The standard InChI is InChI=1S/C20H29N5O2S/c1-19(2,3)21-18(26)17-23-22-16-12-27-14-20(13-25(16)17)6-8-24(9-7-20)11-15-5-4-10-28-15/h4-5,10H,6-9,11-14H2,1-3H3,(H,21,26). The highest BCUT2D eigenvalue weighted by Gasteiger charge is 2.39. The van der Waals surface area contributed by atoms with Crippen molar-refractivity contribution >= 4 is 17.2 Å². The Bertz CT molecular complexity index is 816. The summed E-state index contributed by atoms with van der Waals surface area (Å²) in [5.41, 5.74) is -0.272. The van der Waals surface area contributed by atoms with Gasteiger partial charge in [0.25, 0.3) is 5.91 Å². The molecule has 8 heteroatoms. The number of piperidine rings is 1. The van der Waals surface area contributed by atoms with Crippen molar-refractivity contribution in [3.8, 4) is 0 Å². The Labute approximate surface area is 170 Å². The summed E-state index contributed by atoms with van der Waals surface area (Å²) in [6.07, 6.45) is 2.10. The SMILES string of the molecule is CC(C)(C)NC(=O)c1nnc2n1CC1(CCN(Cc3cccs3)CC1)COC2. The molecule has 152 valence electrons. The third-order valence-electron chi connectivity index (χ3n) is 5.53. The van der Waals surface area contributed by atoms with E-state index in [1.807, 2.05) is 36.7 Å². The first-order valence-electron chi connectivity index (χ1n) is 9.91. The number of nitrogens with zero attached hydrogens (tertiary/aromatic N) is 4. The predicted molar refractivity (Wildman–Crippen MR) is 108 cm³/mol. The number of carbonyl (C=O) groups is 1. The number of amides is 1. The van der Waals surface area contributed by atoms with E-state index in [0.29, 0.717) is 19.0 Å². The molecule has 4 rings (SSSR count). The lowest BCUT2D eigenvalue weighted by atomic mass is 9.79. The van der Waals surface area contributed by atoms with Crippen LogP contribution >= 0.6 is 11.3 Å². The Kier molecular flexibility index (Phi) is 5.28. The molecule has 2 aromatic rings. The molecule has 4 heterocycles. The highest BCUT2D eigenvalue weighted by atomic mass is 32.1. The molecule has 2 aliphatic heterocycles. The number of hydrogen-bond acceptors (Lipinski definition) is 6. The van der Waals surface area contributed by atoms with Crippen LogP contribution in [0.2, 0.25) is 0 Å². The molecule has 1 spiro atoms. The van der Waals surface area contributed by atoms with Gasteiger partial charge in [-0.05, 0) is 58.1 Å². The Morgan fingerprint density at radius 1 is 1.32 bits per heavy atom. The van der Waals surface area contributed by atoms with E-state index in [9.17, 15) is 4.79 Å². The van der Waals surface area contributed by atoms with E-state index in [1.54, 1.807) is 0 Å². The molecule has 28 heavy (non-hydrogen) atoms. The van der Waals surface area contributed by atoms with Crippen LogP contribution in [0.15, 0.2) is 17.5 Å². The fourth-order valence-corrected chi connectivity index (χ4v) is 4.77. The van der Waals surface area contributed by atoms with Crippen molar-refractivity contribution in [3.05, 3.63) is 34.0 Å². The number of fused-ring (bicyclic) bond motifs is 1. The molecule has 1 amide bonds. The van der Waals surface area contributed by atoms with Crippen molar-refractivity contribution in [1.82, 2.24) is 25.0 Å². The van der Waals surface area contributed by atoms with Gasteiger partial charge in [-0.2, -0.15) is 0 Å². The second-order valence-corrected chi connectivity index (χ2v) is 10.1. The average Bonchev–Trinajstić information content (AvgIpc) is 3.23. The molecule has 0 aliphatic carbocycles. The van der Waals surface area contributed by atoms with Crippen LogP contribution in [0.5, 0.6) is 0 Å². The van der Waals surface area contributed by atoms with Gasteiger partial charge in [-0.3, -0.25) is 9.69 Å². The number of nitrogens with one attached hydrogen (secondary N) is 1. The van der Waals surface area contributed by atoms with Crippen LogP contribution in [0.4, 0.5) is 0 Å². The van der Waals surface area contributed by atoms with Crippen molar-refractivity contribution in [1.29, 1.82) is 0 Å². The smallest absolute Gasteiger partial charge is 0.289 e. The normalized spacial score (nSPS) is 20.0. The molecule has 1 fully saturated rings. The molecule has 0 atom stereocenters. The van der Waals surface area contributed by atoms with Crippen LogP contribution in [-0.2, 0) is 24.4 Å². The summed E-state index contributed by atoms with van der Waals surface area (Å²) in [5, 5.41) is 13.5. The number of thiophene rings is 1. The van der Waals surface area contributed by atoms with Crippen LogP contribution in [0, 0.1) is 5.41 Å². The molecule has 1 N–H and O–H groups in total. The van der Waals surface area contributed by atoms with Gasteiger partial charge in [0.1, 0.15) is 6.61 Å². The number of ether oxygens (including phenoxy) is 1. The number of rotatable bonds is 3. The lowest BCUT2D eigenvalue weighted by Crippen LogP contribution is -2.45. The summed E-state index contributed by atoms with van der Waals surface area (Å²) in [6.45, 7) is 10.9. The quantitative estimate of drug-likeness (QED) is 0.853. The van der Waals surface area contributed by atoms with Crippen LogP contribution in [0.3, 0.4) is 0 Å². The number of carbonyl (C=O) groups excluding carboxylic acids is 1. The molecule has 2 aromatic heterocycles. The molecule has 2 aliphatic rings. The van der Waals surface area contributed by atoms with Crippen molar-refractivity contribution in [2.75, 3.05) is 19.7 Å². The lowest BCUT2D eigenvalue weighted by Gasteiger charge is -2.41. The molecular weight excluding hydrogens is 374 g/mol. The van der Waals surface area contributed by atoms with Crippen LogP contribution in [0.1, 0.15) is 54.9 Å². The van der Waals surface area contributed by atoms with Gasteiger partial charge in [0.2, 0.25) is 5.82 Å². The molecule has 0 unspecified atom stereocenters. The van der Waals surface area contributed by atoms with Gasteiger partial charge in [0.05, 0.1) is 6.61 Å². The number of aromatic nitrogens is 3. The van der Waals surface area contributed by atoms with Gasteiger partial charge in [0.15, 0.2) is 5.82 Å². The molecule has 0 aromatic carbocycles. The second kappa shape index (κ2) is 7.57. The number of hydrogen-bond donors (Lipinski definition) is 1. The largest absolute Gasteiger partial charge is 0.373 e. The second-order valence-electron chi connectivity index (χ2n) is 9.08. The first kappa shape index (κ1) is 19.5. The summed E-state index contributed by atoms with van der Waals surface area (Å²) >= 11 is 1.82. The zero-order valence-electron chi connectivity index (χ0n) is 16.9. The van der Waals surface area contributed by atoms with Gasteiger partial charge < -0.3 is 14.6 Å². The third-order valence-corrected chi connectivity index (χ3v) is 6.39. The summed E-state index contributed by atoms with van der Waals surface area (Å²) in [6, 6.07) is 4.32. The first-order valence-corrected chi connectivity index (χ1v) is 10.8. The van der Waals surface area contributed by atoms with Crippen molar-refractivity contribution in [2.24, 2.45) is 5.41 Å². The third kappa shape index (κ3) is 4.29. The fourth-order valence-electron chi connectivity index (χ4n) is 4.02. The predicted octanol–water partition coefficient (Wildman–Crippen LogP) is 2.68. The van der Waals surface area contributed by atoms with Gasteiger partial charge in [0, 0.05) is 28.9 Å². The summed E-state index contributed by atoms with van der Waals surface area (Å²) in [7, 11) is 0. The lowest BCUT2D eigenvalue weighted by molar-refractivity contribution is -0.00553. The van der Waals surface area contributed by atoms with Gasteiger partial charge in [-0.15, -0.1) is 21.5 Å².